The van der Waals surface area contributed by atoms with E-state index in [1.54, 1.807) is 26.1 Å². The number of Topliss-reactive ketones (excluding diaryl/α,β-unsaturated/α-hetero) is 2. The second-order valence-corrected chi connectivity index (χ2v) is 5.03. The van der Waals surface area contributed by atoms with E-state index in [1.807, 2.05) is 13.0 Å². The maximum atomic E-state index is 12.2. The molecule has 0 bridgehead atoms. The number of hydrogen-bond acceptors (Lipinski definition) is 4. The Morgan fingerprint density at radius 1 is 1.24 bits per heavy atom. The number of ether oxygens (including phenoxy) is 1. The lowest BCUT2D eigenvalue weighted by molar-refractivity contribution is 0.0916. The summed E-state index contributed by atoms with van der Waals surface area (Å²) < 4.78 is 5.42. The van der Waals surface area contributed by atoms with Gasteiger partial charge in [-0.05, 0) is 45.4 Å². The average molecular weight is 286 g/mol. The quantitative estimate of drug-likeness (QED) is 0.858. The third-order valence-corrected chi connectivity index (χ3v) is 3.32. The number of ketones is 2. The highest BCUT2D eigenvalue weighted by Crippen LogP contribution is 2.19. The minimum atomic E-state index is -0.191. The van der Waals surface area contributed by atoms with Gasteiger partial charge < -0.3 is 9.72 Å². The fourth-order valence-corrected chi connectivity index (χ4v) is 2.32. The van der Waals surface area contributed by atoms with Crippen LogP contribution in [0.5, 0.6) is 5.75 Å². The third kappa shape index (κ3) is 3.18. The first-order valence-corrected chi connectivity index (χ1v) is 6.69. The number of carbonyl (C=O) groups is 2. The molecule has 5 nitrogen and oxygen atoms in total. The van der Waals surface area contributed by atoms with E-state index in [4.69, 9.17) is 4.74 Å². The Morgan fingerprint density at radius 2 is 1.95 bits per heavy atom. The lowest BCUT2D eigenvalue weighted by Gasteiger charge is -2.05. The van der Waals surface area contributed by atoms with Gasteiger partial charge in [0.05, 0.1) is 11.9 Å². The maximum Gasteiger partial charge on any atom is 0.216 e. The summed E-state index contributed by atoms with van der Waals surface area (Å²) in [4.78, 5) is 30.8. The van der Waals surface area contributed by atoms with E-state index in [0.717, 1.165) is 5.69 Å². The molecule has 0 aliphatic carbocycles. The number of rotatable bonds is 5. The van der Waals surface area contributed by atoms with Crippen LogP contribution in [0, 0.1) is 20.8 Å². The molecule has 1 N–H and O–H groups in total. The van der Waals surface area contributed by atoms with Crippen molar-refractivity contribution < 1.29 is 14.3 Å². The van der Waals surface area contributed by atoms with Gasteiger partial charge in [0.2, 0.25) is 5.78 Å². The van der Waals surface area contributed by atoms with Crippen LogP contribution in [-0.2, 0) is 0 Å². The molecule has 0 aliphatic rings. The Balaban J connectivity index is 2.12. The number of aryl methyl sites for hydroxylation is 2. The monoisotopic (exact) mass is 286 g/mol. The molecule has 0 fully saturated rings. The van der Waals surface area contributed by atoms with Crippen molar-refractivity contribution in [3.63, 3.8) is 0 Å². The van der Waals surface area contributed by atoms with Gasteiger partial charge in [-0.1, -0.05) is 0 Å². The topological polar surface area (TPSA) is 72.0 Å². The molecule has 2 aromatic rings. The molecule has 5 heteroatoms. The van der Waals surface area contributed by atoms with E-state index in [1.165, 1.54) is 6.92 Å². The average Bonchev–Trinajstić information content (AvgIpc) is 2.73. The fourth-order valence-electron chi connectivity index (χ4n) is 2.32. The van der Waals surface area contributed by atoms with Gasteiger partial charge in [0, 0.05) is 17.0 Å². The summed E-state index contributed by atoms with van der Waals surface area (Å²) in [5.41, 5.74) is 3.28. The highest BCUT2D eigenvalue weighted by atomic mass is 16.5. The van der Waals surface area contributed by atoms with Crippen molar-refractivity contribution in [2.45, 2.75) is 27.7 Å². The number of nitrogens with zero attached hydrogens (tertiary/aromatic N) is 1. The van der Waals surface area contributed by atoms with Crippen molar-refractivity contribution in [3.05, 3.63) is 46.5 Å². The number of nitrogens with one attached hydrogen (secondary N) is 1. The second kappa shape index (κ2) is 5.91. The lowest BCUT2D eigenvalue weighted by Crippen LogP contribution is -2.13. The summed E-state index contributed by atoms with van der Waals surface area (Å²) in [6, 6.07) is 3.58. The molecule has 0 atom stereocenters. The number of aromatic nitrogens is 2. The molecule has 0 radical (unpaired) electrons. The number of hydrogen-bond donors (Lipinski definition) is 1. The molecule has 2 aromatic heterocycles. The third-order valence-electron chi connectivity index (χ3n) is 3.32. The van der Waals surface area contributed by atoms with E-state index >= 15 is 0 Å². The van der Waals surface area contributed by atoms with Crippen LogP contribution in [0.25, 0.3) is 0 Å². The van der Waals surface area contributed by atoms with Gasteiger partial charge in [-0.3, -0.25) is 14.6 Å². The van der Waals surface area contributed by atoms with E-state index in [2.05, 4.69) is 9.97 Å². The Bertz CT molecular complexity index is 684. The predicted molar refractivity (Wildman–Crippen MR) is 79.1 cm³/mol. The summed E-state index contributed by atoms with van der Waals surface area (Å²) in [6.07, 6.45) is 1.58. The zero-order valence-corrected chi connectivity index (χ0v) is 12.6. The highest BCUT2D eigenvalue weighted by Gasteiger charge is 2.19. The maximum absolute atomic E-state index is 12.2. The number of carbonyl (C=O) groups excluding carboxylic acids is 2. The molecule has 0 unspecified atom stereocenters. The van der Waals surface area contributed by atoms with Gasteiger partial charge in [0.25, 0.3) is 0 Å². The molecule has 0 amide bonds. The molecule has 0 aromatic carbocycles. The van der Waals surface area contributed by atoms with Gasteiger partial charge in [0.15, 0.2) is 12.4 Å². The van der Waals surface area contributed by atoms with Crippen LogP contribution >= 0.6 is 0 Å². The van der Waals surface area contributed by atoms with E-state index < -0.39 is 0 Å². The van der Waals surface area contributed by atoms with Gasteiger partial charge in [-0.25, -0.2) is 0 Å². The first kappa shape index (κ1) is 15.0. The number of pyridine rings is 1. The molecule has 0 spiro atoms. The number of aromatic amines is 1. The van der Waals surface area contributed by atoms with Crippen LogP contribution in [0.15, 0.2) is 18.3 Å². The van der Waals surface area contributed by atoms with E-state index in [9.17, 15) is 9.59 Å². The lowest BCUT2D eigenvalue weighted by atomic mass is 10.1. The molecule has 110 valence electrons. The van der Waals surface area contributed by atoms with Crippen molar-refractivity contribution >= 4 is 11.6 Å². The Kier molecular flexibility index (Phi) is 4.21. The van der Waals surface area contributed by atoms with Crippen LogP contribution in [0.3, 0.4) is 0 Å². The fraction of sp³-hybridized carbons (Fsp3) is 0.312. The molecule has 0 aliphatic heterocycles. The van der Waals surface area contributed by atoms with Crippen molar-refractivity contribution in [1.82, 2.24) is 9.97 Å². The van der Waals surface area contributed by atoms with Crippen molar-refractivity contribution in [1.29, 1.82) is 0 Å². The van der Waals surface area contributed by atoms with Crippen LogP contribution in [0.2, 0.25) is 0 Å². The highest BCUT2D eigenvalue weighted by molar-refractivity contribution is 6.03. The van der Waals surface area contributed by atoms with Gasteiger partial charge in [-0.2, -0.15) is 0 Å². The van der Waals surface area contributed by atoms with Crippen LogP contribution in [0.1, 0.15) is 44.7 Å². The summed E-state index contributed by atoms with van der Waals surface area (Å²) in [7, 11) is 0. The first-order chi connectivity index (χ1) is 9.90. The van der Waals surface area contributed by atoms with Crippen molar-refractivity contribution in [2.75, 3.05) is 6.61 Å². The van der Waals surface area contributed by atoms with Crippen LogP contribution in [0.4, 0.5) is 0 Å². The summed E-state index contributed by atoms with van der Waals surface area (Å²) >= 11 is 0. The first-order valence-electron chi connectivity index (χ1n) is 6.69. The number of H-pyrrole nitrogens is 1. The minimum absolute atomic E-state index is 0.0519. The summed E-state index contributed by atoms with van der Waals surface area (Å²) in [6.45, 7) is 6.82. The van der Waals surface area contributed by atoms with E-state index in [-0.39, 0.29) is 18.2 Å². The molecule has 2 rings (SSSR count). The van der Waals surface area contributed by atoms with Crippen LogP contribution in [-0.4, -0.2) is 28.1 Å². The Hall–Kier alpha value is -2.43. The zero-order valence-electron chi connectivity index (χ0n) is 12.6. The normalized spacial score (nSPS) is 10.5. The minimum Gasteiger partial charge on any atom is -0.484 e. The molecule has 2 heterocycles. The molecule has 0 saturated heterocycles. The molecular weight excluding hydrogens is 268 g/mol. The smallest absolute Gasteiger partial charge is 0.216 e. The zero-order chi connectivity index (χ0) is 15.6. The molecule has 21 heavy (non-hydrogen) atoms. The summed E-state index contributed by atoms with van der Waals surface area (Å²) in [5.74, 6) is 0.300. The SMILES string of the molecule is CC(=O)c1c(C)[nH]c(C(=O)COc2ccc(C)nc2)c1C. The van der Waals surface area contributed by atoms with Gasteiger partial charge in [0.1, 0.15) is 5.75 Å². The van der Waals surface area contributed by atoms with Crippen LogP contribution < -0.4 is 4.74 Å². The second-order valence-electron chi connectivity index (χ2n) is 5.03. The van der Waals surface area contributed by atoms with Gasteiger partial charge >= 0.3 is 0 Å². The predicted octanol–water partition coefficient (Wildman–Crippen LogP) is 2.80. The molecular formula is C16H18N2O3. The molecule has 0 saturated carbocycles. The van der Waals surface area contributed by atoms with Crippen molar-refractivity contribution in [3.8, 4) is 5.75 Å². The largest absolute Gasteiger partial charge is 0.484 e. The Labute approximate surface area is 123 Å². The Morgan fingerprint density at radius 3 is 2.48 bits per heavy atom. The summed E-state index contributed by atoms with van der Waals surface area (Å²) in [5, 5.41) is 0. The standard InChI is InChI=1S/C16H18N2O3/c1-9-5-6-13(7-17-9)21-8-14(20)16-10(2)15(12(4)19)11(3)18-16/h5-7,18H,8H2,1-4H3. The van der Waals surface area contributed by atoms with Crippen molar-refractivity contribution in [2.24, 2.45) is 0 Å². The van der Waals surface area contributed by atoms with E-state index in [0.29, 0.717) is 28.3 Å². The van der Waals surface area contributed by atoms with Gasteiger partial charge in [-0.15, -0.1) is 0 Å².